The van der Waals surface area contributed by atoms with E-state index in [9.17, 15) is 4.79 Å². The Morgan fingerprint density at radius 1 is 1.24 bits per heavy atom. The van der Waals surface area contributed by atoms with Gasteiger partial charge < -0.3 is 19.7 Å². The fourth-order valence-corrected chi connectivity index (χ4v) is 3.22. The Morgan fingerprint density at radius 2 is 1.96 bits per heavy atom. The molecule has 1 atom stereocenters. The van der Waals surface area contributed by atoms with Crippen LogP contribution < -0.4 is 10.2 Å². The number of anilines is 1. The van der Waals surface area contributed by atoms with E-state index in [0.717, 1.165) is 32.8 Å². The smallest absolute Gasteiger partial charge is 0.251 e. The first-order valence-electron chi connectivity index (χ1n) is 8.79. The largest absolute Gasteiger partial charge is 0.379 e. The number of carbonyl (C=O) groups is 1. The molecule has 138 valence electrons. The maximum atomic E-state index is 12.7. The van der Waals surface area contributed by atoms with Crippen LogP contribution in [0.25, 0.3) is 0 Å². The Bertz CT molecular complexity index is 563. The van der Waals surface area contributed by atoms with E-state index in [2.05, 4.69) is 20.2 Å². The summed E-state index contributed by atoms with van der Waals surface area (Å²) in [6.07, 6.45) is 2.90. The van der Waals surface area contributed by atoms with Gasteiger partial charge in [0.15, 0.2) is 6.10 Å². The fraction of sp³-hybridized carbons (Fsp3) is 0.706. The molecule has 0 unspecified atom stereocenters. The van der Waals surface area contributed by atoms with Crippen LogP contribution in [0.15, 0.2) is 18.5 Å². The number of morpholine rings is 2. The maximum absolute atomic E-state index is 12.7. The van der Waals surface area contributed by atoms with Crippen LogP contribution in [-0.4, -0.2) is 85.0 Å². The number of nitrogens with zero attached hydrogens (tertiary/aromatic N) is 4. The first kappa shape index (κ1) is 18.0. The summed E-state index contributed by atoms with van der Waals surface area (Å²) in [7, 11) is 0. The minimum atomic E-state index is -0.512. The molecule has 2 saturated heterocycles. The van der Waals surface area contributed by atoms with Crippen molar-refractivity contribution in [2.45, 2.75) is 25.5 Å². The van der Waals surface area contributed by atoms with Gasteiger partial charge in [-0.05, 0) is 19.9 Å². The molecule has 3 heterocycles. The summed E-state index contributed by atoms with van der Waals surface area (Å²) >= 11 is 0. The lowest BCUT2D eigenvalue weighted by molar-refractivity contribution is -0.135. The van der Waals surface area contributed by atoms with Gasteiger partial charge in [0.05, 0.1) is 26.4 Å². The van der Waals surface area contributed by atoms with E-state index in [4.69, 9.17) is 9.47 Å². The monoisotopic (exact) mass is 349 g/mol. The molecule has 0 saturated carbocycles. The van der Waals surface area contributed by atoms with E-state index >= 15 is 0 Å². The third-order valence-electron chi connectivity index (χ3n) is 4.38. The predicted molar refractivity (Wildman–Crippen MR) is 93.5 cm³/mol. The van der Waals surface area contributed by atoms with Gasteiger partial charge in [-0.1, -0.05) is 0 Å². The highest BCUT2D eigenvalue weighted by molar-refractivity contribution is 5.82. The number of carbonyl (C=O) groups excluding carboxylic acids is 1. The summed E-state index contributed by atoms with van der Waals surface area (Å²) in [4.78, 5) is 25.5. The number of aromatic nitrogens is 2. The topological polar surface area (TPSA) is 79.8 Å². The molecule has 0 radical (unpaired) electrons. The molecule has 3 rings (SSSR count). The van der Waals surface area contributed by atoms with Crippen LogP contribution in [0, 0.1) is 0 Å². The molecule has 2 aliphatic heterocycles. The first-order chi connectivity index (χ1) is 12.0. The van der Waals surface area contributed by atoms with Gasteiger partial charge in [-0.3, -0.25) is 9.69 Å². The van der Waals surface area contributed by atoms with E-state index in [1.807, 2.05) is 18.7 Å². The van der Waals surface area contributed by atoms with E-state index in [1.165, 1.54) is 0 Å². The third kappa shape index (κ3) is 5.10. The summed E-state index contributed by atoms with van der Waals surface area (Å²) in [6, 6.07) is 1.78. The molecule has 0 aromatic carbocycles. The van der Waals surface area contributed by atoms with Crippen molar-refractivity contribution in [3.63, 3.8) is 0 Å². The second kappa shape index (κ2) is 8.07. The molecule has 8 heteroatoms. The zero-order valence-corrected chi connectivity index (χ0v) is 15.0. The van der Waals surface area contributed by atoms with Crippen molar-refractivity contribution in [3.8, 4) is 0 Å². The van der Waals surface area contributed by atoms with Crippen molar-refractivity contribution in [2.75, 3.05) is 57.4 Å². The summed E-state index contributed by atoms with van der Waals surface area (Å²) in [5, 5.41) is 3.13. The first-order valence-corrected chi connectivity index (χ1v) is 8.79. The Hall–Kier alpha value is -1.77. The highest BCUT2D eigenvalue weighted by atomic mass is 16.5. The summed E-state index contributed by atoms with van der Waals surface area (Å²) < 4.78 is 11.1. The average molecular weight is 349 g/mol. The van der Waals surface area contributed by atoms with Gasteiger partial charge in [0, 0.05) is 44.1 Å². The van der Waals surface area contributed by atoms with Gasteiger partial charge in [-0.2, -0.15) is 0 Å². The van der Waals surface area contributed by atoms with Gasteiger partial charge in [0.2, 0.25) is 5.95 Å². The average Bonchev–Trinajstić information content (AvgIpc) is 2.62. The zero-order valence-electron chi connectivity index (χ0n) is 15.0. The minimum Gasteiger partial charge on any atom is -0.379 e. The van der Waals surface area contributed by atoms with Gasteiger partial charge >= 0.3 is 0 Å². The van der Waals surface area contributed by atoms with Crippen molar-refractivity contribution < 1.29 is 14.3 Å². The lowest BCUT2D eigenvalue weighted by Crippen LogP contribution is -2.58. The van der Waals surface area contributed by atoms with E-state index in [1.54, 1.807) is 18.5 Å². The van der Waals surface area contributed by atoms with Crippen LogP contribution in [0.3, 0.4) is 0 Å². The Morgan fingerprint density at radius 3 is 2.68 bits per heavy atom. The second-order valence-corrected chi connectivity index (χ2v) is 7.12. The van der Waals surface area contributed by atoms with Crippen LogP contribution in [0.5, 0.6) is 0 Å². The van der Waals surface area contributed by atoms with Crippen LogP contribution in [-0.2, 0) is 14.3 Å². The summed E-state index contributed by atoms with van der Waals surface area (Å²) in [6.45, 7) is 9.82. The molecule has 1 N–H and O–H groups in total. The molecular formula is C17H27N5O3. The zero-order chi connectivity index (χ0) is 17.7. The molecule has 2 fully saturated rings. The van der Waals surface area contributed by atoms with E-state index < -0.39 is 6.10 Å². The number of amides is 1. The number of rotatable bonds is 5. The van der Waals surface area contributed by atoms with E-state index in [0.29, 0.717) is 25.6 Å². The third-order valence-corrected chi connectivity index (χ3v) is 4.38. The van der Waals surface area contributed by atoms with Crippen molar-refractivity contribution in [1.29, 1.82) is 0 Å². The molecule has 0 spiro atoms. The normalized spacial score (nSPS) is 22.6. The number of nitrogens with one attached hydrogen (secondary N) is 1. The van der Waals surface area contributed by atoms with Crippen molar-refractivity contribution in [2.24, 2.45) is 0 Å². The van der Waals surface area contributed by atoms with Crippen LogP contribution in [0.4, 0.5) is 5.95 Å². The molecule has 8 nitrogen and oxygen atoms in total. The molecular weight excluding hydrogens is 322 g/mol. The fourth-order valence-electron chi connectivity index (χ4n) is 3.22. The van der Waals surface area contributed by atoms with Crippen molar-refractivity contribution in [3.05, 3.63) is 18.5 Å². The Labute approximate surface area is 148 Å². The van der Waals surface area contributed by atoms with Gasteiger partial charge in [0.25, 0.3) is 5.91 Å². The van der Waals surface area contributed by atoms with Crippen LogP contribution >= 0.6 is 0 Å². The van der Waals surface area contributed by atoms with E-state index in [-0.39, 0.29) is 11.4 Å². The van der Waals surface area contributed by atoms with Gasteiger partial charge in [0.1, 0.15) is 0 Å². The molecule has 0 bridgehead atoms. The predicted octanol–water partition coefficient (Wildman–Crippen LogP) is -0.0912. The second-order valence-electron chi connectivity index (χ2n) is 7.12. The van der Waals surface area contributed by atoms with Crippen LogP contribution in [0.1, 0.15) is 13.8 Å². The molecule has 2 aliphatic rings. The molecule has 0 aliphatic carbocycles. The molecule has 1 amide bonds. The quantitative estimate of drug-likeness (QED) is 0.796. The molecule has 1 aromatic rings. The highest BCUT2D eigenvalue weighted by Gasteiger charge is 2.32. The SMILES string of the molecule is CC(C)(CN1CCOCC1)NC(=O)[C@@H]1CN(c2ncccn2)CCO1. The lowest BCUT2D eigenvalue weighted by atomic mass is 10.0. The highest BCUT2D eigenvalue weighted by Crippen LogP contribution is 2.14. The minimum absolute atomic E-state index is 0.0844. The van der Waals surface area contributed by atoms with Gasteiger partial charge in [-0.25, -0.2) is 9.97 Å². The van der Waals surface area contributed by atoms with Crippen molar-refractivity contribution in [1.82, 2.24) is 20.2 Å². The number of ether oxygens (including phenoxy) is 2. The standard InChI is InChI=1S/C17H27N5O3/c1-17(2,13-21-6-9-24-10-7-21)20-15(23)14-12-22(8-11-25-14)16-18-4-3-5-19-16/h3-5,14H,6-13H2,1-2H3,(H,20,23)/t14-/m0/s1. The number of hydrogen-bond acceptors (Lipinski definition) is 7. The van der Waals surface area contributed by atoms with Gasteiger partial charge in [-0.15, -0.1) is 0 Å². The number of hydrogen-bond donors (Lipinski definition) is 1. The Kier molecular flexibility index (Phi) is 5.82. The maximum Gasteiger partial charge on any atom is 0.251 e. The summed E-state index contributed by atoms with van der Waals surface area (Å²) in [5.74, 6) is 0.551. The molecule has 25 heavy (non-hydrogen) atoms. The van der Waals surface area contributed by atoms with Crippen LogP contribution in [0.2, 0.25) is 0 Å². The van der Waals surface area contributed by atoms with Crippen molar-refractivity contribution >= 4 is 11.9 Å². The lowest BCUT2D eigenvalue weighted by Gasteiger charge is -2.37. The summed E-state index contributed by atoms with van der Waals surface area (Å²) in [5.41, 5.74) is -0.330. The Balaban J connectivity index is 1.54. The molecule has 1 aromatic heterocycles.